The summed E-state index contributed by atoms with van der Waals surface area (Å²) in [6.45, 7) is 0.591. The lowest BCUT2D eigenvalue weighted by atomic mass is 9.98. The van der Waals surface area contributed by atoms with Crippen molar-refractivity contribution in [2.24, 2.45) is 0 Å². The van der Waals surface area contributed by atoms with E-state index in [1.807, 2.05) is 54.6 Å². The number of anilines is 1. The molecule has 0 aliphatic carbocycles. The van der Waals surface area contributed by atoms with Crippen molar-refractivity contribution >= 4 is 11.6 Å². The quantitative estimate of drug-likeness (QED) is 0.716. The highest BCUT2D eigenvalue weighted by Crippen LogP contribution is 2.37. The number of amides is 1. The van der Waals surface area contributed by atoms with E-state index < -0.39 is 0 Å². The first-order chi connectivity index (χ1) is 11.8. The van der Waals surface area contributed by atoms with Gasteiger partial charge < -0.3 is 14.1 Å². The molecule has 1 aromatic heterocycles. The molecule has 0 radical (unpaired) electrons. The minimum Gasteiger partial charge on any atom is -0.486 e. The maximum atomic E-state index is 12.7. The first kappa shape index (κ1) is 14.6. The molecule has 1 amide bonds. The van der Waals surface area contributed by atoms with E-state index in [0.717, 1.165) is 23.4 Å². The van der Waals surface area contributed by atoms with Gasteiger partial charge in [-0.15, -0.1) is 0 Å². The van der Waals surface area contributed by atoms with Gasteiger partial charge in [-0.25, -0.2) is 0 Å². The van der Waals surface area contributed by atoms with Crippen LogP contribution in [0.25, 0.3) is 0 Å². The van der Waals surface area contributed by atoms with Gasteiger partial charge in [-0.1, -0.05) is 36.4 Å². The highest BCUT2D eigenvalue weighted by atomic mass is 16.5. The topological polar surface area (TPSA) is 42.7 Å². The van der Waals surface area contributed by atoms with Gasteiger partial charge in [0.25, 0.3) is 5.91 Å². The monoisotopic (exact) mass is 319 g/mol. The zero-order chi connectivity index (χ0) is 16.4. The number of hydrogen-bond acceptors (Lipinski definition) is 3. The number of fused-ring (bicyclic) bond motifs is 1. The van der Waals surface area contributed by atoms with Gasteiger partial charge >= 0.3 is 0 Å². The number of ether oxygens (including phenoxy) is 1. The molecular formula is C20H17NO3. The van der Waals surface area contributed by atoms with Crippen LogP contribution in [0, 0.1) is 0 Å². The summed E-state index contributed by atoms with van der Waals surface area (Å²) < 4.78 is 11.4. The fourth-order valence-corrected chi connectivity index (χ4v) is 3.06. The number of rotatable bonds is 3. The molecule has 0 bridgehead atoms. The second-order valence-electron chi connectivity index (χ2n) is 5.70. The zero-order valence-electron chi connectivity index (χ0n) is 13.1. The van der Waals surface area contributed by atoms with E-state index in [0.29, 0.717) is 12.3 Å². The van der Waals surface area contributed by atoms with E-state index in [2.05, 4.69) is 0 Å². The summed E-state index contributed by atoms with van der Waals surface area (Å²) in [6, 6.07) is 21.1. The first-order valence-electron chi connectivity index (χ1n) is 7.99. The Morgan fingerprint density at radius 1 is 1.00 bits per heavy atom. The van der Waals surface area contributed by atoms with E-state index in [1.54, 1.807) is 17.0 Å². The summed E-state index contributed by atoms with van der Waals surface area (Å²) in [5, 5.41) is 0. The number of furan rings is 1. The van der Waals surface area contributed by atoms with E-state index >= 15 is 0 Å². The van der Waals surface area contributed by atoms with Crippen molar-refractivity contribution in [2.75, 3.05) is 11.4 Å². The molecule has 1 atom stereocenters. The standard InChI is InChI=1S/C20H17NO3/c22-20(19-11-6-14-23-19)21-13-12-18(16-9-4-5-10-17(16)21)24-15-7-2-1-3-8-15/h1-11,14,18H,12-13H2. The van der Waals surface area contributed by atoms with Gasteiger partial charge in [0, 0.05) is 18.5 Å². The van der Waals surface area contributed by atoms with Crippen molar-refractivity contribution in [2.45, 2.75) is 12.5 Å². The van der Waals surface area contributed by atoms with Gasteiger partial charge in [-0.3, -0.25) is 4.79 Å². The molecule has 1 unspecified atom stereocenters. The molecule has 0 fully saturated rings. The maximum Gasteiger partial charge on any atom is 0.293 e. The molecule has 120 valence electrons. The predicted molar refractivity (Wildman–Crippen MR) is 91.3 cm³/mol. The molecule has 4 nitrogen and oxygen atoms in total. The lowest BCUT2D eigenvalue weighted by molar-refractivity contribution is 0.0948. The third-order valence-electron chi connectivity index (χ3n) is 4.19. The molecule has 4 rings (SSSR count). The third-order valence-corrected chi connectivity index (χ3v) is 4.19. The minimum absolute atomic E-state index is 0.0655. The fraction of sp³-hybridized carbons (Fsp3) is 0.150. The van der Waals surface area contributed by atoms with Crippen molar-refractivity contribution in [1.29, 1.82) is 0 Å². The van der Waals surface area contributed by atoms with Crippen LogP contribution in [0.15, 0.2) is 77.4 Å². The van der Waals surface area contributed by atoms with Crippen LogP contribution < -0.4 is 9.64 Å². The average Bonchev–Trinajstić information content (AvgIpc) is 3.17. The molecule has 1 aliphatic rings. The van der Waals surface area contributed by atoms with Gasteiger partial charge in [0.1, 0.15) is 11.9 Å². The van der Waals surface area contributed by atoms with Gasteiger partial charge in [0.2, 0.25) is 0 Å². The van der Waals surface area contributed by atoms with E-state index in [1.165, 1.54) is 6.26 Å². The normalized spacial score (nSPS) is 16.5. The summed E-state index contributed by atoms with van der Waals surface area (Å²) in [5.41, 5.74) is 1.90. The molecule has 3 aromatic rings. The van der Waals surface area contributed by atoms with Crippen LogP contribution in [-0.4, -0.2) is 12.5 Å². The van der Waals surface area contributed by atoms with Gasteiger partial charge in [0.15, 0.2) is 5.76 Å². The Hall–Kier alpha value is -3.01. The van der Waals surface area contributed by atoms with Crippen LogP contribution in [0.1, 0.15) is 28.6 Å². The highest BCUT2D eigenvalue weighted by molar-refractivity contribution is 6.05. The largest absolute Gasteiger partial charge is 0.486 e. The van der Waals surface area contributed by atoms with Crippen molar-refractivity contribution in [3.63, 3.8) is 0 Å². The lowest BCUT2D eigenvalue weighted by Gasteiger charge is -2.34. The number of nitrogens with zero attached hydrogens (tertiary/aromatic N) is 1. The van der Waals surface area contributed by atoms with Crippen molar-refractivity contribution < 1.29 is 13.9 Å². The minimum atomic E-state index is -0.120. The van der Waals surface area contributed by atoms with E-state index in [-0.39, 0.29) is 12.0 Å². The molecule has 2 heterocycles. The van der Waals surface area contributed by atoms with Crippen LogP contribution in [0.2, 0.25) is 0 Å². The number of carbonyl (C=O) groups is 1. The summed E-state index contributed by atoms with van der Waals surface area (Å²) in [7, 11) is 0. The fourth-order valence-electron chi connectivity index (χ4n) is 3.06. The molecule has 4 heteroatoms. The molecule has 1 aliphatic heterocycles. The lowest BCUT2D eigenvalue weighted by Crippen LogP contribution is -2.37. The second-order valence-corrected chi connectivity index (χ2v) is 5.70. The van der Waals surface area contributed by atoms with Gasteiger partial charge in [-0.05, 0) is 30.3 Å². The van der Waals surface area contributed by atoms with Gasteiger partial charge in [0.05, 0.1) is 12.0 Å². The third kappa shape index (κ3) is 2.67. The van der Waals surface area contributed by atoms with Gasteiger partial charge in [-0.2, -0.15) is 0 Å². The molecule has 24 heavy (non-hydrogen) atoms. The Morgan fingerprint density at radius 3 is 2.58 bits per heavy atom. The Kier molecular flexibility index (Phi) is 3.79. The molecule has 2 aromatic carbocycles. The van der Waals surface area contributed by atoms with Crippen molar-refractivity contribution in [1.82, 2.24) is 0 Å². The van der Waals surface area contributed by atoms with Crippen LogP contribution in [0.4, 0.5) is 5.69 Å². The molecular weight excluding hydrogens is 302 g/mol. The van der Waals surface area contributed by atoms with Crippen LogP contribution in [0.3, 0.4) is 0 Å². The smallest absolute Gasteiger partial charge is 0.293 e. The Labute approximate surface area is 140 Å². The summed E-state index contributed by atoms with van der Waals surface area (Å²) >= 11 is 0. The maximum absolute atomic E-state index is 12.7. The van der Waals surface area contributed by atoms with Crippen LogP contribution in [0.5, 0.6) is 5.75 Å². The molecule has 0 N–H and O–H groups in total. The Bertz CT molecular complexity index is 827. The summed E-state index contributed by atoms with van der Waals surface area (Å²) in [5.74, 6) is 1.07. The SMILES string of the molecule is O=C(c1ccco1)N1CCC(Oc2ccccc2)c2ccccc21. The van der Waals surface area contributed by atoms with Crippen molar-refractivity contribution in [3.05, 3.63) is 84.3 Å². The molecule has 0 saturated carbocycles. The number of hydrogen-bond donors (Lipinski definition) is 0. The van der Waals surface area contributed by atoms with Crippen LogP contribution >= 0.6 is 0 Å². The average molecular weight is 319 g/mol. The second kappa shape index (κ2) is 6.24. The van der Waals surface area contributed by atoms with Crippen LogP contribution in [-0.2, 0) is 0 Å². The van der Waals surface area contributed by atoms with E-state index in [9.17, 15) is 4.79 Å². The predicted octanol–water partition coefficient (Wildman–Crippen LogP) is 4.45. The Morgan fingerprint density at radius 2 is 1.79 bits per heavy atom. The number of carbonyl (C=O) groups excluding carboxylic acids is 1. The number of para-hydroxylation sites is 2. The summed E-state index contributed by atoms with van der Waals surface area (Å²) in [6.07, 6.45) is 2.19. The first-order valence-corrected chi connectivity index (χ1v) is 7.99. The molecule has 0 spiro atoms. The zero-order valence-corrected chi connectivity index (χ0v) is 13.1. The van der Waals surface area contributed by atoms with E-state index in [4.69, 9.17) is 9.15 Å². The number of benzene rings is 2. The Balaban J connectivity index is 1.64. The molecule has 0 saturated heterocycles. The van der Waals surface area contributed by atoms with Crippen molar-refractivity contribution in [3.8, 4) is 5.75 Å². The highest BCUT2D eigenvalue weighted by Gasteiger charge is 2.31. The summed E-state index contributed by atoms with van der Waals surface area (Å²) in [4.78, 5) is 14.4.